The molecule has 1 saturated carbocycles. The van der Waals surface area contributed by atoms with Crippen molar-refractivity contribution in [3.63, 3.8) is 0 Å². The van der Waals surface area contributed by atoms with Crippen molar-refractivity contribution in [3.8, 4) is 11.5 Å². The van der Waals surface area contributed by atoms with Crippen molar-refractivity contribution in [1.29, 1.82) is 0 Å². The maximum absolute atomic E-state index is 11.1. The Bertz CT molecular complexity index is 496. The molecule has 0 aromatic heterocycles. The van der Waals surface area contributed by atoms with Gasteiger partial charge in [0.05, 0.1) is 19.8 Å². The zero-order valence-electron chi connectivity index (χ0n) is 11.2. The lowest BCUT2D eigenvalue weighted by Crippen LogP contribution is -2.34. The van der Waals surface area contributed by atoms with Crippen LogP contribution in [0.2, 0.25) is 0 Å². The molecule has 0 bridgehead atoms. The fourth-order valence-electron chi connectivity index (χ4n) is 2.84. The van der Waals surface area contributed by atoms with Crippen LogP contribution in [-0.2, 0) is 5.54 Å². The summed E-state index contributed by atoms with van der Waals surface area (Å²) in [6.07, 6.45) is 4.78. The highest BCUT2D eigenvalue weighted by atomic mass is 79.9. The standard InChI is InChI=1S/C14H18BrNO3/c1-18-12-9(8-17)7-10(15)11(13(12)19-2)14(16)5-3-4-6-14/h7-8H,3-6,16H2,1-2H3. The Kier molecular flexibility index (Phi) is 4.16. The Labute approximate surface area is 121 Å². The third-order valence-electron chi connectivity index (χ3n) is 3.75. The van der Waals surface area contributed by atoms with Gasteiger partial charge in [-0.25, -0.2) is 0 Å². The molecule has 1 fully saturated rings. The van der Waals surface area contributed by atoms with Crippen molar-refractivity contribution in [1.82, 2.24) is 0 Å². The van der Waals surface area contributed by atoms with Gasteiger partial charge in [-0.3, -0.25) is 4.79 Å². The fourth-order valence-corrected chi connectivity index (χ4v) is 3.66. The maximum atomic E-state index is 11.1. The topological polar surface area (TPSA) is 61.5 Å². The number of hydrogen-bond donors (Lipinski definition) is 1. The molecule has 4 nitrogen and oxygen atoms in total. The third kappa shape index (κ3) is 2.37. The van der Waals surface area contributed by atoms with E-state index in [4.69, 9.17) is 15.2 Å². The predicted octanol–water partition coefficient (Wildman–Crippen LogP) is 3.01. The normalized spacial score (nSPS) is 17.3. The second-order valence-electron chi connectivity index (χ2n) is 4.87. The van der Waals surface area contributed by atoms with E-state index in [1.165, 1.54) is 7.11 Å². The van der Waals surface area contributed by atoms with Crippen molar-refractivity contribution < 1.29 is 14.3 Å². The van der Waals surface area contributed by atoms with Crippen molar-refractivity contribution in [2.45, 2.75) is 31.2 Å². The summed E-state index contributed by atoms with van der Waals surface area (Å²) in [7, 11) is 3.10. The SMILES string of the molecule is COc1c(C=O)cc(Br)c(C2(N)CCCC2)c1OC. The zero-order chi connectivity index (χ0) is 14.0. The van der Waals surface area contributed by atoms with Gasteiger partial charge in [0, 0.05) is 15.6 Å². The van der Waals surface area contributed by atoms with Gasteiger partial charge in [0.1, 0.15) is 0 Å². The van der Waals surface area contributed by atoms with Crippen molar-refractivity contribution in [3.05, 3.63) is 21.7 Å². The first-order valence-electron chi connectivity index (χ1n) is 6.26. The second-order valence-corrected chi connectivity index (χ2v) is 5.72. The number of halogens is 1. The minimum Gasteiger partial charge on any atom is -0.492 e. The summed E-state index contributed by atoms with van der Waals surface area (Å²) in [5, 5.41) is 0. The minimum atomic E-state index is -0.418. The minimum absolute atomic E-state index is 0.418. The van der Waals surface area contributed by atoms with Crippen LogP contribution in [0.4, 0.5) is 0 Å². The lowest BCUT2D eigenvalue weighted by atomic mass is 9.87. The van der Waals surface area contributed by atoms with E-state index >= 15 is 0 Å². The highest BCUT2D eigenvalue weighted by Gasteiger charge is 2.37. The molecule has 0 radical (unpaired) electrons. The molecular weight excluding hydrogens is 310 g/mol. The molecule has 0 spiro atoms. The molecule has 0 aliphatic heterocycles. The first-order valence-corrected chi connectivity index (χ1v) is 7.05. The van der Waals surface area contributed by atoms with Gasteiger partial charge in [-0.1, -0.05) is 28.8 Å². The molecular formula is C14H18BrNO3. The molecule has 2 N–H and O–H groups in total. The number of hydrogen-bond acceptors (Lipinski definition) is 4. The number of nitrogens with two attached hydrogens (primary N) is 1. The summed E-state index contributed by atoms with van der Waals surface area (Å²) in [4.78, 5) is 11.1. The van der Waals surface area contributed by atoms with E-state index in [1.54, 1.807) is 13.2 Å². The van der Waals surface area contributed by atoms with Gasteiger partial charge < -0.3 is 15.2 Å². The van der Waals surface area contributed by atoms with Crippen molar-refractivity contribution in [2.75, 3.05) is 14.2 Å². The Morgan fingerprint density at radius 3 is 2.32 bits per heavy atom. The smallest absolute Gasteiger partial charge is 0.171 e. The highest BCUT2D eigenvalue weighted by Crippen LogP contribution is 2.48. The molecule has 2 rings (SSSR count). The Balaban J connectivity index is 2.69. The number of carbonyl (C=O) groups excluding carboxylic acids is 1. The first kappa shape index (κ1) is 14.3. The molecule has 19 heavy (non-hydrogen) atoms. The number of benzene rings is 1. The van der Waals surface area contributed by atoms with Crippen LogP contribution < -0.4 is 15.2 Å². The monoisotopic (exact) mass is 327 g/mol. The summed E-state index contributed by atoms with van der Waals surface area (Å²) < 4.78 is 11.6. The third-order valence-corrected chi connectivity index (χ3v) is 4.37. The van der Waals surface area contributed by atoms with Crippen LogP contribution in [-0.4, -0.2) is 20.5 Å². The van der Waals surface area contributed by atoms with Gasteiger partial charge in [-0.05, 0) is 18.9 Å². The molecule has 1 aliphatic carbocycles. The van der Waals surface area contributed by atoms with E-state index in [0.29, 0.717) is 17.1 Å². The average Bonchev–Trinajstić information content (AvgIpc) is 2.84. The molecule has 0 saturated heterocycles. The largest absolute Gasteiger partial charge is 0.492 e. The molecule has 104 valence electrons. The summed E-state index contributed by atoms with van der Waals surface area (Å²) in [6, 6.07) is 1.75. The van der Waals surface area contributed by atoms with Crippen molar-refractivity contribution in [2.24, 2.45) is 5.73 Å². The summed E-state index contributed by atoms with van der Waals surface area (Å²) in [5.74, 6) is 1.01. The van der Waals surface area contributed by atoms with Crippen LogP contribution in [0.5, 0.6) is 11.5 Å². The van der Waals surface area contributed by atoms with E-state index in [2.05, 4.69) is 15.9 Å². The van der Waals surface area contributed by atoms with E-state index in [-0.39, 0.29) is 0 Å². The van der Waals surface area contributed by atoms with Crippen molar-refractivity contribution >= 4 is 22.2 Å². The quantitative estimate of drug-likeness (QED) is 0.863. The number of methoxy groups -OCH3 is 2. The number of carbonyl (C=O) groups is 1. The highest BCUT2D eigenvalue weighted by molar-refractivity contribution is 9.10. The van der Waals surface area contributed by atoms with Crippen LogP contribution >= 0.6 is 15.9 Å². The Morgan fingerprint density at radius 2 is 1.84 bits per heavy atom. The first-order chi connectivity index (χ1) is 9.07. The second kappa shape index (κ2) is 5.51. The Hall–Kier alpha value is -1.07. The van der Waals surface area contributed by atoms with Crippen LogP contribution in [0.25, 0.3) is 0 Å². The molecule has 0 heterocycles. The zero-order valence-corrected chi connectivity index (χ0v) is 12.7. The fraction of sp³-hybridized carbons (Fsp3) is 0.500. The van der Waals surface area contributed by atoms with E-state index in [1.807, 2.05) is 0 Å². The molecule has 1 aromatic carbocycles. The van der Waals surface area contributed by atoms with E-state index < -0.39 is 5.54 Å². The van der Waals surface area contributed by atoms with Gasteiger partial charge in [-0.15, -0.1) is 0 Å². The molecule has 0 amide bonds. The molecule has 0 atom stereocenters. The van der Waals surface area contributed by atoms with Crippen LogP contribution in [0, 0.1) is 0 Å². The average molecular weight is 328 g/mol. The lowest BCUT2D eigenvalue weighted by molar-refractivity contribution is 0.111. The van der Waals surface area contributed by atoms with Gasteiger partial charge in [0.15, 0.2) is 17.8 Å². The van der Waals surface area contributed by atoms with Gasteiger partial charge in [0.2, 0.25) is 0 Å². The summed E-state index contributed by atoms with van der Waals surface area (Å²) >= 11 is 3.51. The van der Waals surface area contributed by atoms with Crippen LogP contribution in [0.15, 0.2) is 10.5 Å². The summed E-state index contributed by atoms with van der Waals surface area (Å²) in [6.45, 7) is 0. The van der Waals surface area contributed by atoms with Gasteiger partial charge in [-0.2, -0.15) is 0 Å². The molecule has 1 aliphatic rings. The van der Waals surface area contributed by atoms with Crippen LogP contribution in [0.3, 0.4) is 0 Å². The number of ether oxygens (including phenoxy) is 2. The molecule has 5 heteroatoms. The number of rotatable bonds is 4. The predicted molar refractivity (Wildman–Crippen MR) is 77.0 cm³/mol. The van der Waals surface area contributed by atoms with E-state index in [0.717, 1.165) is 42.0 Å². The van der Waals surface area contributed by atoms with Gasteiger partial charge in [0.25, 0.3) is 0 Å². The lowest BCUT2D eigenvalue weighted by Gasteiger charge is -2.29. The maximum Gasteiger partial charge on any atom is 0.171 e. The van der Waals surface area contributed by atoms with Crippen LogP contribution in [0.1, 0.15) is 41.6 Å². The van der Waals surface area contributed by atoms with E-state index in [9.17, 15) is 4.79 Å². The molecule has 1 aromatic rings. The number of aldehydes is 1. The molecule has 0 unspecified atom stereocenters. The van der Waals surface area contributed by atoms with Gasteiger partial charge >= 0.3 is 0 Å². The Morgan fingerprint density at radius 1 is 1.26 bits per heavy atom. The summed E-state index contributed by atoms with van der Waals surface area (Å²) in [5.41, 5.74) is 7.45.